The summed E-state index contributed by atoms with van der Waals surface area (Å²) in [7, 11) is 0. The average molecular weight is 203 g/mol. The van der Waals surface area contributed by atoms with E-state index in [4.69, 9.17) is 5.11 Å². The number of fused-ring (bicyclic) bond motifs is 1. The molecule has 0 fully saturated rings. The van der Waals surface area contributed by atoms with Crippen LogP contribution in [0.1, 0.15) is 6.42 Å². The van der Waals surface area contributed by atoms with Crippen LogP contribution in [0.2, 0.25) is 0 Å². The van der Waals surface area contributed by atoms with Crippen LogP contribution in [-0.2, 0) is 0 Å². The molecular weight excluding hydrogens is 190 g/mol. The minimum atomic E-state index is 0.193. The van der Waals surface area contributed by atoms with Gasteiger partial charge in [0.1, 0.15) is 0 Å². The molecule has 0 saturated carbocycles. The van der Waals surface area contributed by atoms with Crippen LogP contribution in [0.25, 0.3) is 10.9 Å². The molecule has 0 amide bonds. The van der Waals surface area contributed by atoms with Gasteiger partial charge in [0.05, 0.1) is 17.4 Å². The van der Waals surface area contributed by atoms with Crippen molar-refractivity contribution in [2.45, 2.75) is 6.42 Å². The average Bonchev–Trinajstić information content (AvgIpc) is 2.30. The first-order chi connectivity index (χ1) is 7.42. The molecule has 0 aliphatic carbocycles. The van der Waals surface area contributed by atoms with Gasteiger partial charge in [-0.1, -0.05) is 0 Å². The lowest BCUT2D eigenvalue weighted by Gasteiger charge is -2.06. The molecule has 2 aromatic heterocycles. The first-order valence-corrected chi connectivity index (χ1v) is 4.95. The summed E-state index contributed by atoms with van der Waals surface area (Å²) in [5.74, 6) is 0. The number of nitrogens with zero attached hydrogens (tertiary/aromatic N) is 2. The largest absolute Gasteiger partial charge is 0.396 e. The van der Waals surface area contributed by atoms with Crippen molar-refractivity contribution < 1.29 is 5.11 Å². The van der Waals surface area contributed by atoms with E-state index in [1.165, 1.54) is 0 Å². The van der Waals surface area contributed by atoms with Gasteiger partial charge >= 0.3 is 0 Å². The van der Waals surface area contributed by atoms with Crippen molar-refractivity contribution in [1.82, 2.24) is 9.97 Å². The van der Waals surface area contributed by atoms with Gasteiger partial charge in [0.15, 0.2) is 0 Å². The van der Waals surface area contributed by atoms with Gasteiger partial charge in [0.25, 0.3) is 0 Å². The number of aliphatic hydroxyl groups excluding tert-OH is 1. The predicted octanol–water partition coefficient (Wildman–Crippen LogP) is 1.42. The topological polar surface area (TPSA) is 58.0 Å². The van der Waals surface area contributed by atoms with Crippen LogP contribution in [-0.4, -0.2) is 28.2 Å². The van der Waals surface area contributed by atoms with Gasteiger partial charge in [-0.2, -0.15) is 0 Å². The Bertz CT molecular complexity index is 439. The second-order valence-corrected chi connectivity index (χ2v) is 3.27. The molecule has 0 aliphatic rings. The molecule has 78 valence electrons. The fourth-order valence-corrected chi connectivity index (χ4v) is 1.43. The van der Waals surface area contributed by atoms with Gasteiger partial charge in [-0.15, -0.1) is 0 Å². The standard InChI is InChI=1S/C11H13N3O/c15-6-2-5-13-10-8-12-7-9-3-1-4-14-11(9)10/h1,3-4,7-8,13,15H,2,5-6H2. The molecule has 2 N–H and O–H groups in total. The van der Waals surface area contributed by atoms with Crippen LogP contribution in [0.4, 0.5) is 5.69 Å². The lowest BCUT2D eigenvalue weighted by molar-refractivity contribution is 0.292. The van der Waals surface area contributed by atoms with Crippen LogP contribution < -0.4 is 5.32 Å². The number of nitrogens with one attached hydrogen (secondary N) is 1. The second kappa shape index (κ2) is 4.70. The Morgan fingerprint density at radius 3 is 3.13 bits per heavy atom. The smallest absolute Gasteiger partial charge is 0.0964 e. The van der Waals surface area contributed by atoms with Gasteiger partial charge < -0.3 is 10.4 Å². The summed E-state index contributed by atoms with van der Waals surface area (Å²) < 4.78 is 0. The van der Waals surface area contributed by atoms with Gasteiger partial charge in [-0.05, 0) is 18.6 Å². The van der Waals surface area contributed by atoms with Crippen LogP contribution >= 0.6 is 0 Å². The molecule has 2 rings (SSSR count). The van der Waals surface area contributed by atoms with E-state index in [0.29, 0.717) is 0 Å². The quantitative estimate of drug-likeness (QED) is 0.738. The lowest BCUT2D eigenvalue weighted by atomic mass is 10.2. The Kier molecular flexibility index (Phi) is 3.09. The fourth-order valence-electron chi connectivity index (χ4n) is 1.43. The maximum Gasteiger partial charge on any atom is 0.0964 e. The van der Waals surface area contributed by atoms with Crippen molar-refractivity contribution in [3.8, 4) is 0 Å². The minimum absolute atomic E-state index is 0.193. The molecular formula is C11H13N3O. The fraction of sp³-hybridized carbons (Fsp3) is 0.273. The summed E-state index contributed by atoms with van der Waals surface area (Å²) in [5.41, 5.74) is 1.84. The van der Waals surface area contributed by atoms with Crippen molar-refractivity contribution in [3.05, 3.63) is 30.7 Å². The van der Waals surface area contributed by atoms with Crippen LogP contribution in [0.3, 0.4) is 0 Å². The molecule has 0 saturated heterocycles. The summed E-state index contributed by atoms with van der Waals surface area (Å²) in [4.78, 5) is 8.42. The normalized spacial score (nSPS) is 10.5. The first kappa shape index (κ1) is 9.86. The molecule has 0 spiro atoms. The zero-order chi connectivity index (χ0) is 10.5. The Balaban J connectivity index is 2.26. The van der Waals surface area contributed by atoms with E-state index in [0.717, 1.165) is 29.6 Å². The highest BCUT2D eigenvalue weighted by molar-refractivity contribution is 5.88. The van der Waals surface area contributed by atoms with E-state index in [-0.39, 0.29) is 6.61 Å². The maximum absolute atomic E-state index is 8.69. The number of anilines is 1. The Hall–Kier alpha value is -1.68. The van der Waals surface area contributed by atoms with Gasteiger partial charge in [-0.3, -0.25) is 9.97 Å². The molecule has 0 unspecified atom stereocenters. The van der Waals surface area contributed by atoms with Crippen molar-refractivity contribution >= 4 is 16.6 Å². The number of hydrogen-bond donors (Lipinski definition) is 2. The van der Waals surface area contributed by atoms with Gasteiger partial charge in [-0.25, -0.2) is 0 Å². The molecule has 0 bridgehead atoms. The highest BCUT2D eigenvalue weighted by Gasteiger charge is 2.00. The number of rotatable bonds is 4. The van der Waals surface area contributed by atoms with E-state index in [1.807, 2.05) is 12.1 Å². The van der Waals surface area contributed by atoms with E-state index >= 15 is 0 Å². The van der Waals surface area contributed by atoms with Crippen molar-refractivity contribution in [2.24, 2.45) is 0 Å². The van der Waals surface area contributed by atoms with E-state index < -0.39 is 0 Å². The minimum Gasteiger partial charge on any atom is -0.396 e. The Morgan fingerprint density at radius 1 is 1.33 bits per heavy atom. The highest BCUT2D eigenvalue weighted by atomic mass is 16.3. The molecule has 2 aromatic rings. The molecule has 4 nitrogen and oxygen atoms in total. The number of aliphatic hydroxyl groups is 1. The zero-order valence-electron chi connectivity index (χ0n) is 8.35. The van der Waals surface area contributed by atoms with Gasteiger partial charge in [0.2, 0.25) is 0 Å². The highest BCUT2D eigenvalue weighted by Crippen LogP contribution is 2.18. The zero-order valence-corrected chi connectivity index (χ0v) is 8.35. The summed E-state index contributed by atoms with van der Waals surface area (Å²) in [6.45, 7) is 0.923. The van der Waals surface area contributed by atoms with Crippen LogP contribution in [0, 0.1) is 0 Å². The monoisotopic (exact) mass is 203 g/mol. The van der Waals surface area contributed by atoms with E-state index in [2.05, 4.69) is 15.3 Å². The predicted molar refractivity (Wildman–Crippen MR) is 59.7 cm³/mol. The van der Waals surface area contributed by atoms with E-state index in [9.17, 15) is 0 Å². The third-order valence-corrected chi connectivity index (χ3v) is 2.16. The molecule has 4 heteroatoms. The third-order valence-electron chi connectivity index (χ3n) is 2.16. The van der Waals surface area contributed by atoms with Crippen molar-refractivity contribution in [1.29, 1.82) is 0 Å². The molecule has 15 heavy (non-hydrogen) atoms. The molecule has 0 aromatic carbocycles. The van der Waals surface area contributed by atoms with Crippen molar-refractivity contribution in [2.75, 3.05) is 18.5 Å². The molecule has 2 heterocycles. The third kappa shape index (κ3) is 2.22. The Labute approximate surface area is 88.0 Å². The Morgan fingerprint density at radius 2 is 2.27 bits per heavy atom. The SMILES string of the molecule is OCCCNc1cncc2cccnc12. The van der Waals surface area contributed by atoms with Crippen LogP contribution in [0.5, 0.6) is 0 Å². The lowest BCUT2D eigenvalue weighted by Crippen LogP contribution is -2.04. The van der Waals surface area contributed by atoms with Gasteiger partial charge in [0, 0.05) is 30.9 Å². The number of hydrogen-bond acceptors (Lipinski definition) is 4. The molecule has 0 aliphatic heterocycles. The van der Waals surface area contributed by atoms with E-state index in [1.54, 1.807) is 18.6 Å². The molecule has 0 atom stereocenters. The number of pyridine rings is 2. The van der Waals surface area contributed by atoms with Crippen LogP contribution in [0.15, 0.2) is 30.7 Å². The maximum atomic E-state index is 8.69. The summed E-state index contributed by atoms with van der Waals surface area (Å²) in [5, 5.41) is 12.9. The van der Waals surface area contributed by atoms with Crippen molar-refractivity contribution in [3.63, 3.8) is 0 Å². The summed E-state index contributed by atoms with van der Waals surface area (Å²) in [6.07, 6.45) is 6.04. The molecule has 0 radical (unpaired) electrons. The first-order valence-electron chi connectivity index (χ1n) is 4.95. The summed E-state index contributed by atoms with van der Waals surface area (Å²) >= 11 is 0. The second-order valence-electron chi connectivity index (χ2n) is 3.27. The number of aromatic nitrogens is 2. The summed E-state index contributed by atoms with van der Waals surface area (Å²) in [6, 6.07) is 3.87.